The summed E-state index contributed by atoms with van der Waals surface area (Å²) in [6.45, 7) is -0.848. The third kappa shape index (κ3) is 4.11. The number of carbonyl (C=O) groups is 2. The molecule has 0 radical (unpaired) electrons. The van der Waals surface area contributed by atoms with Gasteiger partial charge < -0.3 is 14.6 Å². The van der Waals surface area contributed by atoms with E-state index in [4.69, 9.17) is 4.74 Å². The number of carboxylic acids is 1. The van der Waals surface area contributed by atoms with Crippen LogP contribution in [0.3, 0.4) is 0 Å². The number of imidazole rings is 1. The maximum Gasteiger partial charge on any atom is 0.333 e. The number of hydrazone groups is 1. The minimum absolute atomic E-state index is 0.166. The second kappa shape index (κ2) is 8.43. The van der Waals surface area contributed by atoms with E-state index < -0.39 is 29.7 Å². The Morgan fingerprint density at radius 2 is 2.00 bits per heavy atom. The average Bonchev–Trinajstić information content (AvgIpc) is 3.13. The number of amides is 1. The number of para-hydroxylation sites is 1. The van der Waals surface area contributed by atoms with Crippen molar-refractivity contribution in [3.8, 4) is 5.75 Å². The molecule has 0 aliphatic heterocycles. The Kier molecular flexibility index (Phi) is 5.76. The van der Waals surface area contributed by atoms with Crippen molar-refractivity contribution in [1.29, 1.82) is 0 Å². The number of fused-ring (bicyclic) bond motifs is 1. The molecule has 0 fully saturated rings. The van der Waals surface area contributed by atoms with E-state index >= 15 is 0 Å². The number of aryl methyl sites for hydroxylation is 1. The zero-order valence-electron chi connectivity index (χ0n) is 16.1. The monoisotopic (exact) mass is 414 g/mol. The van der Waals surface area contributed by atoms with Gasteiger partial charge in [-0.3, -0.25) is 18.7 Å². The van der Waals surface area contributed by atoms with E-state index in [2.05, 4.69) is 15.5 Å². The number of nitrogens with zero attached hydrogens (tertiary/aromatic N) is 4. The van der Waals surface area contributed by atoms with E-state index in [1.807, 2.05) is 0 Å². The van der Waals surface area contributed by atoms with Crippen LogP contribution in [0.4, 0.5) is 0 Å². The van der Waals surface area contributed by atoms with Gasteiger partial charge in [0, 0.05) is 19.7 Å². The Bertz CT molecular complexity index is 1270. The van der Waals surface area contributed by atoms with Crippen molar-refractivity contribution in [2.24, 2.45) is 19.2 Å². The standard InChI is InChI=1S/C18H18N6O6/c1-22-16-15(17(28)23(2)18(22)29)24(10-19-16)8-13(25)21-20-7-11-5-3-4-6-12(11)30-9-14(26)27/h3-7,10H,8-9H2,1-2H3,(H2,21,25,26,27). The molecule has 12 heteroatoms. The van der Waals surface area contributed by atoms with Crippen LogP contribution in [0.5, 0.6) is 5.75 Å². The third-order valence-corrected chi connectivity index (χ3v) is 4.26. The quantitative estimate of drug-likeness (QED) is 0.241. The van der Waals surface area contributed by atoms with Gasteiger partial charge in [-0.2, -0.15) is 5.10 Å². The number of carbonyl (C=O) groups excluding carboxylic acids is 2. The molecule has 0 saturated carbocycles. The minimum Gasteiger partial charge on any atom is -0.546 e. The zero-order valence-corrected chi connectivity index (χ0v) is 16.1. The van der Waals surface area contributed by atoms with Crippen LogP contribution < -0.4 is 31.1 Å². The number of benzene rings is 1. The van der Waals surface area contributed by atoms with Gasteiger partial charge in [-0.1, -0.05) is 12.1 Å². The van der Waals surface area contributed by atoms with Crippen molar-refractivity contribution >= 4 is 29.3 Å². The maximum atomic E-state index is 12.4. The first-order valence-corrected chi connectivity index (χ1v) is 8.69. The molecule has 3 aromatic rings. The normalized spacial score (nSPS) is 11.1. The Balaban J connectivity index is 1.74. The van der Waals surface area contributed by atoms with Crippen molar-refractivity contribution in [3.63, 3.8) is 0 Å². The van der Waals surface area contributed by atoms with Gasteiger partial charge in [0.2, 0.25) is 6.33 Å². The van der Waals surface area contributed by atoms with E-state index in [9.17, 15) is 24.3 Å². The van der Waals surface area contributed by atoms with Crippen molar-refractivity contribution < 1.29 is 24.0 Å². The van der Waals surface area contributed by atoms with Gasteiger partial charge in [0.1, 0.15) is 12.4 Å². The summed E-state index contributed by atoms with van der Waals surface area (Å²) in [5.41, 5.74) is 2.20. The lowest BCUT2D eigenvalue weighted by atomic mass is 10.2. The lowest BCUT2D eigenvalue weighted by molar-refractivity contribution is -0.659. The Morgan fingerprint density at radius 1 is 1.27 bits per heavy atom. The molecule has 0 aliphatic carbocycles. The number of hydrogen-bond acceptors (Lipinski definition) is 7. The van der Waals surface area contributed by atoms with Crippen LogP contribution in [0.25, 0.3) is 11.2 Å². The molecule has 12 nitrogen and oxygen atoms in total. The second-order valence-corrected chi connectivity index (χ2v) is 6.30. The predicted octanol–water partition coefficient (Wildman–Crippen LogP) is -2.87. The fraction of sp³-hybridized carbons (Fsp3) is 0.222. The Morgan fingerprint density at radius 3 is 2.73 bits per heavy atom. The topological polar surface area (TPSA) is 154 Å². The molecule has 0 spiro atoms. The number of ether oxygens (including phenoxy) is 1. The molecule has 0 aliphatic rings. The molecule has 30 heavy (non-hydrogen) atoms. The number of nitrogens with one attached hydrogen (secondary N) is 2. The van der Waals surface area contributed by atoms with Gasteiger partial charge in [0.05, 0.1) is 12.2 Å². The number of aliphatic carboxylic acids is 1. The molecular weight excluding hydrogens is 396 g/mol. The minimum atomic E-state index is -1.37. The van der Waals surface area contributed by atoms with Gasteiger partial charge in [-0.15, -0.1) is 0 Å². The highest BCUT2D eigenvalue weighted by atomic mass is 16.5. The van der Waals surface area contributed by atoms with Crippen molar-refractivity contribution in [1.82, 2.24) is 19.5 Å². The first-order valence-electron chi connectivity index (χ1n) is 8.69. The predicted molar refractivity (Wildman–Crippen MR) is 102 cm³/mol. The van der Waals surface area contributed by atoms with Crippen LogP contribution in [0, 0.1) is 0 Å². The van der Waals surface area contributed by atoms with Crippen LogP contribution in [-0.2, 0) is 30.2 Å². The summed E-state index contributed by atoms with van der Waals surface area (Å²) >= 11 is 0. The van der Waals surface area contributed by atoms with Crippen LogP contribution in [0.15, 0.2) is 45.3 Å². The van der Waals surface area contributed by atoms with E-state index in [0.717, 1.165) is 4.57 Å². The molecule has 0 saturated heterocycles. The maximum absolute atomic E-state index is 12.4. The van der Waals surface area contributed by atoms with Crippen molar-refractivity contribution in [3.05, 3.63) is 57.0 Å². The molecule has 156 valence electrons. The zero-order chi connectivity index (χ0) is 21.8. The smallest absolute Gasteiger partial charge is 0.333 e. The highest BCUT2D eigenvalue weighted by Crippen LogP contribution is 2.15. The molecule has 2 heterocycles. The molecular formula is C18H18N6O6. The molecule has 3 rings (SSSR count). The molecule has 1 aromatic carbocycles. The number of aromatic nitrogens is 4. The summed E-state index contributed by atoms with van der Waals surface area (Å²) < 4.78 is 8.69. The Hall–Kier alpha value is -4.22. The van der Waals surface area contributed by atoms with Gasteiger partial charge in [0.25, 0.3) is 17.1 Å². The molecule has 0 bridgehead atoms. The first kappa shape index (κ1) is 20.5. The van der Waals surface area contributed by atoms with Gasteiger partial charge in [-0.25, -0.2) is 19.8 Å². The summed E-state index contributed by atoms with van der Waals surface area (Å²) in [6.07, 6.45) is 2.71. The average molecular weight is 414 g/mol. The molecule has 2 N–H and O–H groups in total. The van der Waals surface area contributed by atoms with Gasteiger partial charge >= 0.3 is 11.2 Å². The first-order chi connectivity index (χ1) is 14.3. The molecule has 2 aromatic heterocycles. The molecule has 0 unspecified atom stereocenters. The fourth-order valence-electron chi connectivity index (χ4n) is 2.80. The summed E-state index contributed by atoms with van der Waals surface area (Å²) in [6, 6.07) is 6.52. The molecule has 0 atom stereocenters. The summed E-state index contributed by atoms with van der Waals surface area (Å²) in [5, 5.41) is 14.4. The number of rotatable bonds is 7. The summed E-state index contributed by atoms with van der Waals surface area (Å²) in [7, 11) is 2.86. The lowest BCUT2D eigenvalue weighted by Crippen LogP contribution is -2.46. The number of carboxylic acid groups (broad SMARTS) is 1. The van der Waals surface area contributed by atoms with Gasteiger partial charge in [-0.05, 0) is 12.1 Å². The van der Waals surface area contributed by atoms with Crippen molar-refractivity contribution in [2.75, 3.05) is 6.61 Å². The number of H-pyrrole nitrogens is 1. The molecule has 1 amide bonds. The highest BCUT2D eigenvalue weighted by Gasteiger charge is 2.21. The second-order valence-electron chi connectivity index (χ2n) is 6.30. The van der Waals surface area contributed by atoms with Crippen LogP contribution in [-0.4, -0.2) is 38.8 Å². The van der Waals surface area contributed by atoms with Gasteiger partial charge in [0.15, 0.2) is 6.54 Å². The summed E-state index contributed by atoms with van der Waals surface area (Å²) in [4.78, 5) is 50.0. The van der Waals surface area contributed by atoms with Crippen LogP contribution in [0.2, 0.25) is 0 Å². The SMILES string of the molecule is Cn1c(=O)c2c([nH]c[n+]2CC(=O)NN=Cc2ccccc2OCC(=O)[O-])n(C)c1=O. The van der Waals surface area contributed by atoms with E-state index in [0.29, 0.717) is 11.2 Å². The largest absolute Gasteiger partial charge is 0.546 e. The van der Waals surface area contributed by atoms with E-state index in [1.165, 1.54) is 35.8 Å². The van der Waals surface area contributed by atoms with Crippen molar-refractivity contribution in [2.45, 2.75) is 6.54 Å². The van der Waals surface area contributed by atoms with Crippen LogP contribution >= 0.6 is 0 Å². The fourth-order valence-corrected chi connectivity index (χ4v) is 2.80. The van der Waals surface area contributed by atoms with E-state index in [1.54, 1.807) is 24.3 Å². The summed E-state index contributed by atoms with van der Waals surface area (Å²) in [5.74, 6) is -1.63. The highest BCUT2D eigenvalue weighted by molar-refractivity contribution is 5.85. The Labute approximate surface area is 168 Å². The lowest BCUT2D eigenvalue weighted by Gasteiger charge is -2.08. The van der Waals surface area contributed by atoms with Crippen LogP contribution in [0.1, 0.15) is 5.56 Å². The third-order valence-electron chi connectivity index (χ3n) is 4.26. The number of aromatic amines is 1. The number of hydrogen-bond donors (Lipinski definition) is 2. The van der Waals surface area contributed by atoms with E-state index in [-0.39, 0.29) is 17.8 Å².